The minimum Gasteiger partial charge on any atom is -0.451 e. The molecule has 170 valence electrons. The minimum atomic E-state index is -0.795. The second-order valence-corrected chi connectivity index (χ2v) is 8.85. The minimum absolute atomic E-state index is 0. The van der Waals surface area contributed by atoms with Gasteiger partial charge in [0.05, 0.1) is 30.8 Å². The van der Waals surface area contributed by atoms with Gasteiger partial charge in [0, 0.05) is 9.79 Å². The molecule has 2 aromatic carbocycles. The third-order valence-electron chi connectivity index (χ3n) is 4.05. The van der Waals surface area contributed by atoms with Crippen LogP contribution in [-0.4, -0.2) is 61.5 Å². The predicted molar refractivity (Wildman–Crippen MR) is 131 cm³/mol. The van der Waals surface area contributed by atoms with Crippen molar-refractivity contribution in [2.75, 3.05) is 43.7 Å². The average molecular weight is 495 g/mol. The number of nitrogens with zero attached hydrogens (tertiary/aromatic N) is 3. The molecule has 0 bridgehead atoms. The van der Waals surface area contributed by atoms with Gasteiger partial charge in [-0.2, -0.15) is 4.99 Å². The molecule has 0 radical (unpaired) electrons. The fourth-order valence-electron chi connectivity index (χ4n) is 2.78. The summed E-state index contributed by atoms with van der Waals surface area (Å²) in [6, 6.07) is 15.2. The van der Waals surface area contributed by atoms with E-state index in [-0.39, 0.29) is 41.7 Å². The van der Waals surface area contributed by atoms with E-state index in [1.807, 2.05) is 42.5 Å². The molecular formula is C21H23ClN4O4S2. The maximum atomic E-state index is 12.6. The van der Waals surface area contributed by atoms with E-state index >= 15 is 0 Å². The number of rotatable bonds is 6. The number of likely N-dealkylation sites (N-methyl/N-ethyl adjacent to an activating group) is 1. The molecule has 1 fully saturated rings. The van der Waals surface area contributed by atoms with Gasteiger partial charge in [-0.05, 0) is 44.4 Å². The highest BCUT2D eigenvalue weighted by Crippen LogP contribution is 2.37. The number of carbonyl (C=O) groups is 3. The van der Waals surface area contributed by atoms with E-state index in [2.05, 4.69) is 15.0 Å². The quantitative estimate of drug-likeness (QED) is 0.649. The van der Waals surface area contributed by atoms with E-state index in [1.54, 1.807) is 25.1 Å². The van der Waals surface area contributed by atoms with Crippen molar-refractivity contribution in [3.8, 4) is 0 Å². The van der Waals surface area contributed by atoms with Crippen molar-refractivity contribution in [3.05, 3.63) is 48.5 Å². The number of amidine groups is 1. The molecule has 3 amide bonds. The molecule has 0 spiro atoms. The van der Waals surface area contributed by atoms with Crippen LogP contribution in [0.5, 0.6) is 0 Å². The molecule has 11 heteroatoms. The second-order valence-electron chi connectivity index (χ2n) is 6.76. The van der Waals surface area contributed by atoms with E-state index in [0.717, 1.165) is 21.6 Å². The molecule has 1 aliphatic rings. The van der Waals surface area contributed by atoms with Gasteiger partial charge in [-0.3, -0.25) is 14.5 Å². The van der Waals surface area contributed by atoms with Crippen molar-refractivity contribution in [1.82, 2.24) is 4.90 Å². The van der Waals surface area contributed by atoms with Crippen LogP contribution in [0, 0.1) is 0 Å². The topological polar surface area (TPSA) is 91.3 Å². The maximum Gasteiger partial charge on any atom is 0.435 e. The summed E-state index contributed by atoms with van der Waals surface area (Å²) in [6.45, 7) is 0.182. The second kappa shape index (κ2) is 11.9. The van der Waals surface area contributed by atoms with Crippen molar-refractivity contribution in [2.45, 2.75) is 9.79 Å². The van der Waals surface area contributed by atoms with Gasteiger partial charge in [0.2, 0.25) is 11.8 Å². The van der Waals surface area contributed by atoms with Gasteiger partial charge in [0.25, 0.3) is 0 Å². The Kier molecular flexibility index (Phi) is 9.58. The van der Waals surface area contributed by atoms with Crippen LogP contribution in [0.2, 0.25) is 0 Å². The van der Waals surface area contributed by atoms with Crippen molar-refractivity contribution in [2.24, 2.45) is 4.99 Å². The van der Waals surface area contributed by atoms with Crippen molar-refractivity contribution < 1.29 is 19.1 Å². The molecule has 0 unspecified atom stereocenters. The Bertz CT molecular complexity index is 1020. The Morgan fingerprint density at radius 3 is 2.56 bits per heavy atom. The summed E-state index contributed by atoms with van der Waals surface area (Å²) in [6.07, 6.45) is -0.795. The molecule has 0 aliphatic carbocycles. The van der Waals surface area contributed by atoms with Crippen LogP contribution < -0.4 is 10.2 Å². The lowest BCUT2D eigenvalue weighted by atomic mass is 10.2. The van der Waals surface area contributed by atoms with Gasteiger partial charge >= 0.3 is 6.09 Å². The summed E-state index contributed by atoms with van der Waals surface area (Å²) in [5.74, 6) is -0.320. The van der Waals surface area contributed by atoms with Gasteiger partial charge in [-0.25, -0.2) is 4.79 Å². The third-order valence-corrected chi connectivity index (χ3v) is 5.97. The molecule has 1 saturated heterocycles. The zero-order valence-corrected chi connectivity index (χ0v) is 20.2. The van der Waals surface area contributed by atoms with Gasteiger partial charge < -0.3 is 15.0 Å². The first-order chi connectivity index (χ1) is 14.9. The van der Waals surface area contributed by atoms with E-state index in [9.17, 15) is 14.4 Å². The SMILES string of the molecule is COC(=O)/N=C1/SCC(=O)N1c1ccc(Sc2ccccc2)cc1NC(=O)CN(C)C.Cl. The highest BCUT2D eigenvalue weighted by atomic mass is 35.5. The van der Waals surface area contributed by atoms with Crippen LogP contribution in [0.1, 0.15) is 0 Å². The monoisotopic (exact) mass is 494 g/mol. The van der Waals surface area contributed by atoms with Gasteiger partial charge in [-0.1, -0.05) is 41.7 Å². The largest absolute Gasteiger partial charge is 0.451 e. The van der Waals surface area contributed by atoms with Crippen LogP contribution in [0.3, 0.4) is 0 Å². The zero-order chi connectivity index (χ0) is 22.4. The Balaban J connectivity index is 0.00000363. The van der Waals surface area contributed by atoms with E-state index in [1.165, 1.54) is 23.8 Å². The molecule has 0 atom stereocenters. The summed E-state index contributed by atoms with van der Waals surface area (Å²) in [5.41, 5.74) is 0.906. The first kappa shape index (κ1) is 25.7. The molecular weight excluding hydrogens is 472 g/mol. The van der Waals surface area contributed by atoms with Gasteiger partial charge in [0.15, 0.2) is 5.17 Å². The van der Waals surface area contributed by atoms with E-state index in [0.29, 0.717) is 11.4 Å². The molecule has 1 heterocycles. The number of hydrogen-bond acceptors (Lipinski definition) is 7. The number of aliphatic imine (C=N–C) groups is 1. The number of anilines is 2. The fraction of sp³-hybridized carbons (Fsp3) is 0.238. The van der Waals surface area contributed by atoms with Gasteiger partial charge in [0.1, 0.15) is 0 Å². The normalized spacial score (nSPS) is 14.4. The summed E-state index contributed by atoms with van der Waals surface area (Å²) < 4.78 is 4.60. The number of carbonyl (C=O) groups excluding carboxylic acids is 3. The van der Waals surface area contributed by atoms with Crippen LogP contribution in [-0.2, 0) is 14.3 Å². The molecule has 3 rings (SSSR count). The number of benzene rings is 2. The smallest absolute Gasteiger partial charge is 0.435 e. The summed E-state index contributed by atoms with van der Waals surface area (Å²) in [5, 5.41) is 3.10. The lowest BCUT2D eigenvalue weighted by Gasteiger charge is -2.21. The molecule has 0 aromatic heterocycles. The summed E-state index contributed by atoms with van der Waals surface area (Å²) in [7, 11) is 4.81. The lowest BCUT2D eigenvalue weighted by Crippen LogP contribution is -2.32. The number of thioether (sulfide) groups is 1. The predicted octanol–water partition coefficient (Wildman–Crippen LogP) is 3.96. The standard InChI is InChI=1S/C21H22N4O4S2.ClH/c1-24(2)12-18(26)22-16-11-15(31-14-7-5-4-6-8-14)9-10-17(16)25-19(27)13-30-20(25)23-21(28)29-3;/h4-11H,12-13H2,1-3H3,(H,22,26);1H/b23-20+;. The molecule has 2 aromatic rings. The van der Waals surface area contributed by atoms with E-state index in [4.69, 9.17) is 0 Å². The Labute approximate surface area is 201 Å². The number of ether oxygens (including phenoxy) is 1. The van der Waals surface area contributed by atoms with Crippen LogP contribution in [0.15, 0.2) is 63.3 Å². The van der Waals surface area contributed by atoms with Gasteiger partial charge in [-0.15, -0.1) is 12.4 Å². The zero-order valence-electron chi connectivity index (χ0n) is 17.7. The fourth-order valence-corrected chi connectivity index (χ4v) is 4.51. The number of hydrogen-bond donors (Lipinski definition) is 1. The molecule has 8 nitrogen and oxygen atoms in total. The number of methoxy groups -OCH3 is 1. The Morgan fingerprint density at radius 2 is 1.91 bits per heavy atom. The van der Waals surface area contributed by atoms with Crippen molar-refractivity contribution in [1.29, 1.82) is 0 Å². The molecule has 1 aliphatic heterocycles. The highest BCUT2D eigenvalue weighted by Gasteiger charge is 2.32. The average Bonchev–Trinajstić information content (AvgIpc) is 3.08. The van der Waals surface area contributed by atoms with E-state index < -0.39 is 6.09 Å². The number of nitrogens with one attached hydrogen (secondary N) is 1. The summed E-state index contributed by atoms with van der Waals surface area (Å²) >= 11 is 2.68. The maximum absolute atomic E-state index is 12.6. The Morgan fingerprint density at radius 1 is 1.19 bits per heavy atom. The third kappa shape index (κ3) is 6.73. The van der Waals surface area contributed by atoms with Crippen LogP contribution in [0.25, 0.3) is 0 Å². The first-order valence-electron chi connectivity index (χ1n) is 9.31. The first-order valence-corrected chi connectivity index (χ1v) is 11.1. The van der Waals surface area contributed by atoms with Crippen LogP contribution in [0.4, 0.5) is 16.2 Å². The number of amides is 3. The summed E-state index contributed by atoms with van der Waals surface area (Å²) in [4.78, 5) is 45.6. The Hall–Kier alpha value is -2.53. The molecule has 1 N–H and O–H groups in total. The van der Waals surface area contributed by atoms with Crippen molar-refractivity contribution >= 4 is 70.4 Å². The highest BCUT2D eigenvalue weighted by molar-refractivity contribution is 8.15. The van der Waals surface area contributed by atoms with Crippen LogP contribution >= 0.6 is 35.9 Å². The number of halogens is 1. The molecule has 0 saturated carbocycles. The molecule has 32 heavy (non-hydrogen) atoms. The lowest BCUT2D eigenvalue weighted by molar-refractivity contribution is -0.117. The van der Waals surface area contributed by atoms with Crippen molar-refractivity contribution in [3.63, 3.8) is 0 Å².